The molecule has 0 aromatic heterocycles. The van der Waals surface area contributed by atoms with Crippen molar-refractivity contribution < 1.29 is 36.2 Å². The van der Waals surface area contributed by atoms with Crippen molar-refractivity contribution in [3.63, 3.8) is 0 Å². The van der Waals surface area contributed by atoms with E-state index in [1.165, 1.54) is 0 Å². The molecule has 1 fully saturated rings. The number of imide groups is 1. The highest BCUT2D eigenvalue weighted by molar-refractivity contribution is 6.30. The molecule has 32 heavy (non-hydrogen) atoms. The zero-order valence-corrected chi connectivity index (χ0v) is 16.9. The van der Waals surface area contributed by atoms with Gasteiger partial charge in [-0.2, -0.15) is 8.78 Å². The molecular formula is C22H18ClF2N3O4. The van der Waals surface area contributed by atoms with Crippen molar-refractivity contribution in [2.45, 2.75) is 37.8 Å². The molecule has 2 N–H and O–H groups in total. The van der Waals surface area contributed by atoms with Gasteiger partial charge in [-0.1, -0.05) is 35.8 Å². The molecule has 166 valence electrons. The Bertz CT molecular complexity index is 1380. The summed E-state index contributed by atoms with van der Waals surface area (Å²) in [4.78, 5) is 50.0. The Balaban J connectivity index is 1.71. The Morgan fingerprint density at radius 1 is 1.34 bits per heavy atom. The van der Waals surface area contributed by atoms with Gasteiger partial charge < -0.3 is 10.2 Å². The van der Waals surface area contributed by atoms with Crippen molar-refractivity contribution in [1.82, 2.24) is 15.5 Å². The van der Waals surface area contributed by atoms with E-state index in [1.54, 1.807) is 0 Å². The van der Waals surface area contributed by atoms with Crippen LogP contribution in [0.15, 0.2) is 42.4 Å². The highest BCUT2D eigenvalue weighted by atomic mass is 35.5. The van der Waals surface area contributed by atoms with Crippen LogP contribution < -0.4 is 10.6 Å². The number of halogens is 3. The van der Waals surface area contributed by atoms with E-state index in [2.05, 4.69) is 0 Å². The fourth-order valence-electron chi connectivity index (χ4n) is 3.22. The lowest BCUT2D eigenvalue weighted by Gasteiger charge is -2.29. The minimum Gasteiger partial charge on any atom is -0.346 e. The molecule has 0 spiro atoms. The normalized spacial score (nSPS) is 23.7. The van der Waals surface area contributed by atoms with Crippen molar-refractivity contribution in [1.29, 1.82) is 0 Å². The summed E-state index contributed by atoms with van der Waals surface area (Å²) < 4.78 is 79.5. The maximum Gasteiger partial charge on any atom is 0.349 e. The zero-order chi connectivity index (χ0) is 28.3. The van der Waals surface area contributed by atoms with E-state index in [4.69, 9.17) is 19.9 Å². The van der Waals surface area contributed by atoms with Gasteiger partial charge in [-0.25, -0.2) is 0 Å². The highest BCUT2D eigenvalue weighted by Gasteiger charge is 2.41. The lowest BCUT2D eigenvalue weighted by atomic mass is 10.0. The van der Waals surface area contributed by atoms with Crippen LogP contribution in [0.4, 0.5) is 8.78 Å². The minimum atomic E-state index is -4.26. The Morgan fingerprint density at radius 3 is 2.75 bits per heavy atom. The molecule has 0 bridgehead atoms. The zero-order valence-electron chi connectivity index (χ0n) is 22.1. The molecule has 2 aliphatic heterocycles. The maximum absolute atomic E-state index is 14.8. The number of rotatable bonds is 5. The van der Waals surface area contributed by atoms with Gasteiger partial charge in [0, 0.05) is 35.6 Å². The van der Waals surface area contributed by atoms with Crippen molar-refractivity contribution in [2.24, 2.45) is 0 Å². The quantitative estimate of drug-likeness (QED) is 0.660. The van der Waals surface area contributed by atoms with Gasteiger partial charge in [0.2, 0.25) is 11.8 Å². The summed E-state index contributed by atoms with van der Waals surface area (Å²) in [7, 11) is 0. The lowest BCUT2D eigenvalue weighted by molar-refractivity contribution is -0.147. The Morgan fingerprint density at radius 2 is 2.06 bits per heavy atom. The average Bonchev–Trinajstić information content (AvgIpc) is 3.06. The van der Waals surface area contributed by atoms with Gasteiger partial charge in [0.15, 0.2) is 1.41 Å². The van der Waals surface area contributed by atoms with Crippen molar-refractivity contribution >= 4 is 35.2 Å². The van der Waals surface area contributed by atoms with Crippen LogP contribution in [0.3, 0.4) is 0 Å². The van der Waals surface area contributed by atoms with Gasteiger partial charge in [-0.15, -0.1) is 0 Å². The molecule has 0 saturated carbocycles. The second kappa shape index (κ2) is 8.31. The molecule has 4 rings (SSSR count). The SMILES string of the molecule is [2H]c1cc(C([2H])N([2H])C(=O)C(F)(F)c2ccc(Cl)cc2)c([2H])c2c1C(=O)N(C1CCC(=O)NC1=O)C2([2H])[2H]. The summed E-state index contributed by atoms with van der Waals surface area (Å²) in [5, 5.41) is 1.71. The van der Waals surface area contributed by atoms with Gasteiger partial charge in [0.25, 0.3) is 11.8 Å². The van der Waals surface area contributed by atoms with Gasteiger partial charge in [-0.3, -0.25) is 24.5 Å². The van der Waals surface area contributed by atoms with Crippen LogP contribution in [0.5, 0.6) is 0 Å². The number of alkyl halides is 2. The predicted octanol–water partition coefficient (Wildman–Crippen LogP) is 2.51. The summed E-state index contributed by atoms with van der Waals surface area (Å²) in [6.45, 7) is -5.18. The molecule has 2 heterocycles. The number of benzene rings is 2. The number of hydrogen-bond donors (Lipinski definition) is 2. The first-order chi connectivity index (χ1) is 17.6. The van der Waals surface area contributed by atoms with Crippen LogP contribution in [-0.2, 0) is 33.3 Å². The summed E-state index contributed by atoms with van der Waals surface area (Å²) >= 11 is 5.68. The Labute approximate surface area is 195 Å². The molecule has 10 heteroatoms. The van der Waals surface area contributed by atoms with Crippen LogP contribution in [0.2, 0.25) is 6.43 Å². The fraction of sp³-hybridized carbons (Fsp3) is 0.273. The smallest absolute Gasteiger partial charge is 0.346 e. The molecule has 4 amide bonds. The van der Waals surface area contributed by atoms with E-state index >= 15 is 0 Å². The number of nitrogens with one attached hydrogen (secondary N) is 2. The van der Waals surface area contributed by atoms with Gasteiger partial charge in [0.1, 0.15) is 6.04 Å². The van der Waals surface area contributed by atoms with Crippen LogP contribution in [0, 0.1) is 0 Å². The second-order valence-electron chi connectivity index (χ2n) is 7.02. The number of amides is 4. The third-order valence-corrected chi connectivity index (χ3v) is 5.13. The summed E-state index contributed by atoms with van der Waals surface area (Å²) in [5.74, 6) is -9.07. The van der Waals surface area contributed by atoms with E-state index < -0.39 is 88.3 Å². The Kier molecular flexibility index (Phi) is 4.02. The molecule has 1 saturated heterocycles. The predicted molar refractivity (Wildman–Crippen MR) is 110 cm³/mol. The van der Waals surface area contributed by atoms with Crippen LogP contribution in [-0.4, -0.2) is 34.6 Å². The molecule has 2 atom stereocenters. The molecule has 0 aliphatic carbocycles. The van der Waals surface area contributed by atoms with Gasteiger partial charge >= 0.3 is 5.92 Å². The molecule has 2 aromatic carbocycles. The number of nitrogens with zero attached hydrogens (tertiary/aromatic N) is 1. The first kappa shape index (κ1) is 15.5. The topological polar surface area (TPSA) is 95.6 Å². The number of carbonyl (C=O) groups is 4. The van der Waals surface area contributed by atoms with E-state index in [0.717, 1.165) is 30.3 Å². The number of hydrogen-bond acceptors (Lipinski definition) is 4. The molecule has 2 aromatic rings. The molecular weight excluding hydrogens is 444 g/mol. The highest BCUT2D eigenvalue weighted by Crippen LogP contribution is 2.30. The largest absolute Gasteiger partial charge is 0.349 e. The van der Waals surface area contributed by atoms with E-state index in [-0.39, 0.29) is 17.9 Å². The van der Waals surface area contributed by atoms with Crippen molar-refractivity contribution in [2.75, 3.05) is 0 Å². The summed E-state index contributed by atoms with van der Waals surface area (Å²) in [6, 6.07) is 1.67. The monoisotopic (exact) mass is 467 g/mol. The lowest BCUT2D eigenvalue weighted by Crippen LogP contribution is -2.52. The Hall–Kier alpha value is -3.33. The van der Waals surface area contributed by atoms with Crippen molar-refractivity contribution in [3.05, 3.63) is 69.7 Å². The standard InChI is InChI=1S/C22H18ClF2N3O4/c23-15-4-2-14(3-5-15)22(24,25)21(32)26-10-12-1-6-16-13(9-12)11-28(20(16)31)17-7-8-18(29)27-19(17)30/h1-6,9,17H,7-8,10-11H2,(H,26,32)(H,27,29,30)/i6D,9D,10D,11D2/hD. The van der Waals surface area contributed by atoms with Gasteiger partial charge in [-0.05, 0) is 35.7 Å². The third-order valence-electron chi connectivity index (χ3n) is 4.87. The second-order valence-corrected chi connectivity index (χ2v) is 7.45. The molecule has 2 unspecified atom stereocenters. The third kappa shape index (κ3) is 4.08. The first-order valence-electron chi connectivity index (χ1n) is 12.3. The molecule has 0 radical (unpaired) electrons. The number of carbonyl (C=O) groups excluding carboxylic acids is 4. The molecule has 2 aliphatic rings. The average molecular weight is 468 g/mol. The summed E-state index contributed by atoms with van der Waals surface area (Å²) in [6.07, 6.45) is -0.404. The van der Waals surface area contributed by atoms with Gasteiger partial charge in [0.05, 0.1) is 6.85 Å². The van der Waals surface area contributed by atoms with E-state index in [9.17, 15) is 28.0 Å². The maximum atomic E-state index is 14.8. The van der Waals surface area contributed by atoms with Crippen LogP contribution in [0.1, 0.15) is 46.7 Å². The fourth-order valence-corrected chi connectivity index (χ4v) is 3.34. The van der Waals surface area contributed by atoms with E-state index in [1.807, 2.05) is 5.32 Å². The molecule has 7 nitrogen and oxygen atoms in total. The number of fused-ring (bicyclic) bond motifs is 1. The number of piperidine rings is 1. The van der Waals surface area contributed by atoms with E-state index in [0.29, 0.717) is 4.90 Å². The summed E-state index contributed by atoms with van der Waals surface area (Å²) in [5.41, 5.74) is -2.77. The first-order valence-corrected chi connectivity index (χ1v) is 9.69. The minimum absolute atomic E-state index is 0.119. The van der Waals surface area contributed by atoms with Crippen LogP contribution in [0.25, 0.3) is 0 Å². The van der Waals surface area contributed by atoms with Crippen LogP contribution >= 0.6 is 11.6 Å². The van der Waals surface area contributed by atoms with Crippen molar-refractivity contribution in [3.8, 4) is 0 Å².